The maximum absolute atomic E-state index is 13.0. The van der Waals surface area contributed by atoms with Crippen molar-refractivity contribution >= 4 is 66.7 Å². The molecule has 0 saturated carbocycles. The molecule has 1 radical (unpaired) electrons. The smallest absolute Gasteiger partial charge is 0.114 e. The number of imidazole rings is 1. The summed E-state index contributed by atoms with van der Waals surface area (Å²) in [6.07, 6.45) is 1.65. The molecule has 4 aromatic heterocycles. The van der Waals surface area contributed by atoms with E-state index in [0.717, 1.165) is 38.1 Å². The van der Waals surface area contributed by atoms with Crippen molar-refractivity contribution in [2.45, 2.75) is 80.4 Å². The maximum atomic E-state index is 13.0. The summed E-state index contributed by atoms with van der Waals surface area (Å²) in [7, 11) is -1.81. The number of nitrogens with zero attached hydrogens (tertiary/aromatic N) is 4. The number of rotatable bonds is 4. The van der Waals surface area contributed by atoms with E-state index in [9.17, 15) is 4.39 Å². The summed E-state index contributed by atoms with van der Waals surface area (Å²) < 4.78 is 39.8. The molecule has 0 spiro atoms. The fourth-order valence-electron chi connectivity index (χ4n) is 7.96. The van der Waals surface area contributed by atoms with Gasteiger partial charge in [-0.3, -0.25) is 9.37 Å². The molecular formula is C51H49FIrN4SSi-2. The summed E-state index contributed by atoms with van der Waals surface area (Å²) >= 11 is 1.76. The first-order chi connectivity index (χ1) is 28.7. The molecule has 4 nitrogen and oxygen atoms in total. The Hall–Kier alpha value is -4.85. The van der Waals surface area contributed by atoms with Gasteiger partial charge in [-0.05, 0) is 71.8 Å². The largest absolute Gasteiger partial charge is 0.332 e. The molecule has 0 unspecified atom stereocenters. The number of thiophene rings is 1. The Morgan fingerprint density at radius 3 is 2.22 bits per heavy atom. The molecule has 4 heterocycles. The summed E-state index contributed by atoms with van der Waals surface area (Å²) in [5, 5.41) is 5.70. The van der Waals surface area contributed by atoms with Crippen LogP contribution in [0, 0.1) is 52.5 Å². The Morgan fingerprint density at radius 1 is 0.797 bits per heavy atom. The van der Waals surface area contributed by atoms with Crippen molar-refractivity contribution < 1.29 is 28.6 Å². The van der Waals surface area contributed by atoms with Gasteiger partial charge in [0, 0.05) is 63.8 Å². The number of aromatic nitrogens is 4. The van der Waals surface area contributed by atoms with Gasteiger partial charge < -0.3 is 9.55 Å². The van der Waals surface area contributed by atoms with Gasteiger partial charge in [-0.25, -0.2) is 4.98 Å². The monoisotopic (exact) mass is 992 g/mol. The quantitative estimate of drug-likeness (QED) is 0.130. The summed E-state index contributed by atoms with van der Waals surface area (Å²) in [6.45, 7) is 19.5. The molecule has 5 aromatic carbocycles. The van der Waals surface area contributed by atoms with Crippen LogP contribution in [0.15, 0.2) is 97.2 Å². The van der Waals surface area contributed by atoms with Crippen molar-refractivity contribution in [3.05, 3.63) is 149 Å². The van der Waals surface area contributed by atoms with Gasteiger partial charge in [0.25, 0.3) is 0 Å². The van der Waals surface area contributed by atoms with Crippen LogP contribution in [0.2, 0.25) is 19.6 Å². The molecular weight excluding hydrogens is 940 g/mol. The third-order valence-corrected chi connectivity index (χ3v) is 13.9. The van der Waals surface area contributed by atoms with E-state index >= 15 is 0 Å². The van der Waals surface area contributed by atoms with Crippen molar-refractivity contribution in [1.82, 2.24) is 19.5 Å². The minimum absolute atomic E-state index is 0. The number of fused-ring (bicyclic) bond motifs is 6. The van der Waals surface area contributed by atoms with Crippen LogP contribution < -0.4 is 5.19 Å². The van der Waals surface area contributed by atoms with Gasteiger partial charge in [0.15, 0.2) is 0 Å². The van der Waals surface area contributed by atoms with E-state index in [4.69, 9.17) is 14.1 Å². The molecule has 8 heteroatoms. The van der Waals surface area contributed by atoms with Crippen LogP contribution in [0.3, 0.4) is 0 Å². The molecule has 301 valence electrons. The zero-order valence-electron chi connectivity index (χ0n) is 38.1. The topological polar surface area (TPSA) is 43.6 Å². The first-order valence-corrected chi connectivity index (χ1v) is 23.9. The fraction of sp³-hybridized carbons (Fsp3) is 0.235. The Balaban J connectivity index is 0.000000223. The second-order valence-electron chi connectivity index (χ2n) is 17.4. The van der Waals surface area contributed by atoms with Crippen LogP contribution in [-0.4, -0.2) is 27.6 Å². The predicted octanol–water partition coefficient (Wildman–Crippen LogP) is 13.5. The standard InChI is InChI=1S/C36H32N3S.C15H17FNSi.Ir/c1-20-18-22(3)31(23(4)19-20)39-32-25-11-9-8-10-24(25)13-16-28(32)37-34(39)27-14-12-21(2)30-26-15-17-29(36(5,6)7)38-35(26)40-33(27)30;1-11-9-14(12-5-7-13(16)8-6-12)17-10-15(11)18(2,3)4;/h8-13,15-19H,1-7H3;5,7-10H,1-4H3;/q2*-1;/i;1D3;. The maximum Gasteiger partial charge on any atom is 0.114 e. The molecule has 0 N–H and O–H groups in total. The minimum atomic E-state index is -2.19. The van der Waals surface area contributed by atoms with Crippen LogP contribution in [0.5, 0.6) is 0 Å². The average Bonchev–Trinajstić information content (AvgIpc) is 3.77. The van der Waals surface area contributed by atoms with E-state index in [1.54, 1.807) is 29.7 Å². The van der Waals surface area contributed by atoms with Crippen LogP contribution in [0.25, 0.3) is 70.4 Å². The van der Waals surface area contributed by atoms with Crippen LogP contribution in [-0.2, 0) is 25.5 Å². The van der Waals surface area contributed by atoms with E-state index in [2.05, 4.69) is 157 Å². The number of halogens is 1. The Kier molecular flexibility index (Phi) is 10.4. The third-order valence-electron chi connectivity index (χ3n) is 10.8. The van der Waals surface area contributed by atoms with E-state index in [1.807, 2.05) is 0 Å². The Morgan fingerprint density at radius 2 is 1.54 bits per heavy atom. The van der Waals surface area contributed by atoms with Crippen LogP contribution in [0.1, 0.15) is 58.4 Å². The summed E-state index contributed by atoms with van der Waals surface area (Å²) in [6, 6.07) is 36.2. The van der Waals surface area contributed by atoms with E-state index in [1.165, 1.54) is 66.3 Å². The van der Waals surface area contributed by atoms with Crippen molar-refractivity contribution in [2.75, 3.05) is 0 Å². The molecule has 9 rings (SSSR count). The number of benzene rings is 5. The van der Waals surface area contributed by atoms with Gasteiger partial charge in [-0.1, -0.05) is 124 Å². The van der Waals surface area contributed by atoms with Crippen molar-refractivity contribution in [2.24, 2.45) is 0 Å². The molecule has 0 aliphatic rings. The normalized spacial score (nSPS) is 12.9. The van der Waals surface area contributed by atoms with Gasteiger partial charge in [-0.2, -0.15) is 11.3 Å². The summed E-state index contributed by atoms with van der Waals surface area (Å²) in [4.78, 5) is 15.9. The summed E-state index contributed by atoms with van der Waals surface area (Å²) in [5.74, 6) is 0.544. The van der Waals surface area contributed by atoms with Gasteiger partial charge in [-0.15, -0.1) is 47.5 Å². The molecule has 0 aliphatic carbocycles. The van der Waals surface area contributed by atoms with Crippen molar-refractivity contribution in [3.63, 3.8) is 0 Å². The van der Waals surface area contributed by atoms with Crippen LogP contribution >= 0.6 is 11.3 Å². The number of pyridine rings is 2. The average molecular weight is 992 g/mol. The zero-order valence-corrected chi connectivity index (χ0v) is 39.4. The SMILES string of the molecule is Cc1cc(C)c(-n2c(-c3[c-]cc(C)c4c3sc3nc(C(C)(C)C)ccc34)nc3ccc4ccccc4c32)c(C)c1.[2H]C([2H])([2H])c1cc(-c2[c-]cc(F)cc2)ncc1[Si](C)(C)C.[Ir]. The molecule has 0 saturated heterocycles. The zero-order chi connectivity index (χ0) is 43.8. The van der Waals surface area contributed by atoms with Crippen molar-refractivity contribution in [3.8, 4) is 28.3 Å². The van der Waals surface area contributed by atoms with E-state index in [-0.39, 0.29) is 31.3 Å². The van der Waals surface area contributed by atoms with Gasteiger partial charge in [0.05, 0.1) is 24.9 Å². The van der Waals surface area contributed by atoms with E-state index in [0.29, 0.717) is 16.8 Å². The van der Waals surface area contributed by atoms with E-state index < -0.39 is 14.9 Å². The molecule has 9 aromatic rings. The van der Waals surface area contributed by atoms with Gasteiger partial charge in [0.1, 0.15) is 4.83 Å². The minimum Gasteiger partial charge on any atom is -0.332 e. The van der Waals surface area contributed by atoms with Gasteiger partial charge in [0.2, 0.25) is 0 Å². The molecule has 0 aliphatic heterocycles. The predicted molar refractivity (Wildman–Crippen MR) is 247 cm³/mol. The molecule has 0 amide bonds. The molecule has 0 atom stereocenters. The Bertz CT molecular complexity index is 3140. The van der Waals surface area contributed by atoms with Crippen LogP contribution in [0.4, 0.5) is 4.39 Å². The fourth-order valence-corrected chi connectivity index (χ4v) is 10.5. The van der Waals surface area contributed by atoms with Crippen molar-refractivity contribution in [1.29, 1.82) is 0 Å². The number of aryl methyl sites for hydroxylation is 5. The summed E-state index contributed by atoms with van der Waals surface area (Å²) in [5.41, 5.74) is 11.8. The second kappa shape index (κ2) is 16.0. The number of hydrogen-bond donors (Lipinski definition) is 0. The first kappa shape index (κ1) is 38.4. The third kappa shape index (κ3) is 7.96. The molecule has 0 fully saturated rings. The van der Waals surface area contributed by atoms with Gasteiger partial charge >= 0.3 is 0 Å². The molecule has 0 bridgehead atoms. The Labute approximate surface area is 370 Å². The number of hydrogen-bond acceptors (Lipinski definition) is 4. The molecule has 59 heavy (non-hydrogen) atoms. The first-order valence-electron chi connectivity index (χ1n) is 21.1. The second-order valence-corrected chi connectivity index (χ2v) is 23.4.